The summed E-state index contributed by atoms with van der Waals surface area (Å²) in [6.07, 6.45) is 4.41. The number of hydrogen-bond acceptors (Lipinski definition) is 5. The van der Waals surface area contributed by atoms with Crippen LogP contribution in [0.15, 0.2) is 17.3 Å². The van der Waals surface area contributed by atoms with Crippen LogP contribution in [0.2, 0.25) is 0 Å². The fraction of sp³-hybridized carbons (Fsp3) is 0.636. The number of anilines is 1. The minimum atomic E-state index is -3.50. The van der Waals surface area contributed by atoms with Crippen LogP contribution >= 0.6 is 0 Å². The molecule has 0 aliphatic carbocycles. The van der Waals surface area contributed by atoms with E-state index in [1.807, 2.05) is 13.8 Å². The Balaban J connectivity index is 2.97. The van der Waals surface area contributed by atoms with Gasteiger partial charge >= 0.3 is 0 Å². The first-order chi connectivity index (χ1) is 8.43. The first kappa shape index (κ1) is 14.8. The standard InChI is InChI=1S/C11H20N4O2S/c1-5-6-9(2)15(4)18(16,17)10-7-13-11(12-3)14-8-10/h7-9H,5-6H2,1-4H3,(H,12,13,14). The van der Waals surface area contributed by atoms with Crippen molar-refractivity contribution in [3.05, 3.63) is 12.4 Å². The Hall–Kier alpha value is -1.21. The van der Waals surface area contributed by atoms with Crippen molar-refractivity contribution in [2.24, 2.45) is 0 Å². The minimum Gasteiger partial charge on any atom is -0.357 e. The van der Waals surface area contributed by atoms with Gasteiger partial charge in [0.15, 0.2) is 0 Å². The van der Waals surface area contributed by atoms with Gasteiger partial charge in [-0.1, -0.05) is 13.3 Å². The smallest absolute Gasteiger partial charge is 0.246 e. The molecule has 1 atom stereocenters. The molecule has 1 N–H and O–H groups in total. The second kappa shape index (κ2) is 6.10. The van der Waals surface area contributed by atoms with Crippen LogP contribution in [-0.4, -0.2) is 42.8 Å². The second-order valence-electron chi connectivity index (χ2n) is 4.15. The summed E-state index contributed by atoms with van der Waals surface area (Å²) in [6.45, 7) is 3.92. The van der Waals surface area contributed by atoms with Crippen molar-refractivity contribution >= 4 is 16.0 Å². The van der Waals surface area contributed by atoms with Gasteiger partial charge in [-0.25, -0.2) is 18.4 Å². The third-order valence-electron chi connectivity index (χ3n) is 2.86. The van der Waals surface area contributed by atoms with Crippen LogP contribution in [0.4, 0.5) is 5.95 Å². The SMILES string of the molecule is CCCC(C)N(C)S(=O)(=O)c1cnc(NC)nc1. The number of hydrogen-bond donors (Lipinski definition) is 1. The van der Waals surface area contributed by atoms with Crippen LogP contribution in [0.3, 0.4) is 0 Å². The summed E-state index contributed by atoms with van der Waals surface area (Å²) in [5.74, 6) is 0.401. The molecule has 6 nitrogen and oxygen atoms in total. The molecule has 0 amide bonds. The van der Waals surface area contributed by atoms with Gasteiger partial charge < -0.3 is 5.32 Å². The molecule has 0 aliphatic heterocycles. The Morgan fingerprint density at radius 3 is 2.39 bits per heavy atom. The van der Waals surface area contributed by atoms with E-state index >= 15 is 0 Å². The lowest BCUT2D eigenvalue weighted by Gasteiger charge is -2.23. The van der Waals surface area contributed by atoms with Crippen molar-refractivity contribution in [3.63, 3.8) is 0 Å². The summed E-state index contributed by atoms with van der Waals surface area (Å²) in [5, 5.41) is 2.75. The highest BCUT2D eigenvalue weighted by Crippen LogP contribution is 2.17. The Morgan fingerprint density at radius 1 is 1.39 bits per heavy atom. The molecule has 0 spiro atoms. The molecule has 0 bridgehead atoms. The molecule has 0 radical (unpaired) electrons. The Kier molecular flexibility index (Phi) is 5.03. The van der Waals surface area contributed by atoms with Gasteiger partial charge in [-0.05, 0) is 13.3 Å². The minimum absolute atomic E-state index is 0.0380. The van der Waals surface area contributed by atoms with Crippen molar-refractivity contribution < 1.29 is 8.42 Å². The number of nitrogens with zero attached hydrogens (tertiary/aromatic N) is 3. The Bertz CT molecular complexity index is 472. The van der Waals surface area contributed by atoms with E-state index in [-0.39, 0.29) is 10.9 Å². The number of nitrogens with one attached hydrogen (secondary N) is 1. The maximum atomic E-state index is 12.3. The zero-order chi connectivity index (χ0) is 13.8. The van der Waals surface area contributed by atoms with E-state index in [0.717, 1.165) is 12.8 Å². The molecular formula is C11H20N4O2S. The molecule has 1 heterocycles. The van der Waals surface area contributed by atoms with Crippen molar-refractivity contribution in [3.8, 4) is 0 Å². The molecular weight excluding hydrogens is 252 g/mol. The highest BCUT2D eigenvalue weighted by molar-refractivity contribution is 7.89. The van der Waals surface area contributed by atoms with Gasteiger partial charge in [-0.15, -0.1) is 0 Å². The lowest BCUT2D eigenvalue weighted by Crippen LogP contribution is -2.35. The molecule has 0 aliphatic rings. The average molecular weight is 272 g/mol. The van der Waals surface area contributed by atoms with E-state index in [9.17, 15) is 8.42 Å². The molecule has 0 saturated carbocycles. The lowest BCUT2D eigenvalue weighted by atomic mass is 10.2. The predicted molar refractivity (Wildman–Crippen MR) is 70.9 cm³/mol. The topological polar surface area (TPSA) is 75.2 Å². The van der Waals surface area contributed by atoms with Crippen molar-refractivity contribution in [2.45, 2.75) is 37.6 Å². The maximum Gasteiger partial charge on any atom is 0.246 e. The van der Waals surface area contributed by atoms with E-state index in [2.05, 4.69) is 15.3 Å². The van der Waals surface area contributed by atoms with E-state index < -0.39 is 10.0 Å². The molecule has 1 aromatic heterocycles. The number of rotatable bonds is 6. The maximum absolute atomic E-state index is 12.3. The van der Waals surface area contributed by atoms with Gasteiger partial charge in [0.05, 0.1) is 12.4 Å². The highest BCUT2D eigenvalue weighted by Gasteiger charge is 2.25. The van der Waals surface area contributed by atoms with Crippen molar-refractivity contribution in [2.75, 3.05) is 19.4 Å². The van der Waals surface area contributed by atoms with E-state index in [0.29, 0.717) is 5.95 Å². The number of sulfonamides is 1. The quantitative estimate of drug-likeness (QED) is 0.845. The van der Waals surface area contributed by atoms with Crippen LogP contribution in [-0.2, 0) is 10.0 Å². The van der Waals surface area contributed by atoms with Crippen LogP contribution < -0.4 is 5.32 Å². The third-order valence-corrected chi connectivity index (χ3v) is 4.78. The van der Waals surface area contributed by atoms with Crippen molar-refractivity contribution in [1.82, 2.24) is 14.3 Å². The summed E-state index contributed by atoms with van der Waals surface area (Å²) in [5.41, 5.74) is 0. The molecule has 0 fully saturated rings. The van der Waals surface area contributed by atoms with Crippen LogP contribution in [0, 0.1) is 0 Å². The third kappa shape index (κ3) is 3.17. The summed E-state index contributed by atoms with van der Waals surface area (Å²) in [4.78, 5) is 7.96. The first-order valence-corrected chi connectivity index (χ1v) is 7.35. The van der Waals surface area contributed by atoms with Gasteiger partial charge in [0, 0.05) is 20.1 Å². The Morgan fingerprint density at radius 2 is 1.94 bits per heavy atom. The Labute approximate surface area is 108 Å². The largest absolute Gasteiger partial charge is 0.357 e. The predicted octanol–water partition coefficient (Wildman–Crippen LogP) is 1.33. The molecule has 1 rings (SSSR count). The van der Waals surface area contributed by atoms with Crippen LogP contribution in [0.25, 0.3) is 0 Å². The molecule has 0 aromatic carbocycles. The molecule has 0 saturated heterocycles. The summed E-state index contributed by atoms with van der Waals surface area (Å²) >= 11 is 0. The second-order valence-corrected chi connectivity index (χ2v) is 6.15. The van der Waals surface area contributed by atoms with Gasteiger partial charge in [-0.3, -0.25) is 0 Å². The summed E-state index contributed by atoms with van der Waals surface area (Å²) in [7, 11) is -0.240. The van der Waals surface area contributed by atoms with Gasteiger partial charge in [0.25, 0.3) is 0 Å². The normalized spacial score (nSPS) is 13.6. The van der Waals surface area contributed by atoms with Crippen LogP contribution in [0.5, 0.6) is 0 Å². The zero-order valence-electron chi connectivity index (χ0n) is 11.2. The first-order valence-electron chi connectivity index (χ1n) is 5.91. The van der Waals surface area contributed by atoms with Crippen molar-refractivity contribution in [1.29, 1.82) is 0 Å². The summed E-state index contributed by atoms with van der Waals surface area (Å²) in [6, 6.07) is -0.0380. The molecule has 1 unspecified atom stereocenters. The van der Waals surface area contributed by atoms with E-state index in [4.69, 9.17) is 0 Å². The molecule has 7 heteroatoms. The molecule has 18 heavy (non-hydrogen) atoms. The highest BCUT2D eigenvalue weighted by atomic mass is 32.2. The molecule has 102 valence electrons. The summed E-state index contributed by atoms with van der Waals surface area (Å²) < 4.78 is 25.9. The fourth-order valence-corrected chi connectivity index (χ4v) is 2.86. The molecule has 1 aromatic rings. The lowest BCUT2D eigenvalue weighted by molar-refractivity contribution is 0.368. The fourth-order valence-electron chi connectivity index (χ4n) is 1.58. The number of aromatic nitrogens is 2. The average Bonchev–Trinajstić information content (AvgIpc) is 2.38. The monoisotopic (exact) mass is 272 g/mol. The zero-order valence-corrected chi connectivity index (χ0v) is 12.0. The van der Waals surface area contributed by atoms with Gasteiger partial charge in [0.2, 0.25) is 16.0 Å². The van der Waals surface area contributed by atoms with E-state index in [1.54, 1.807) is 14.1 Å². The van der Waals surface area contributed by atoms with Gasteiger partial charge in [0.1, 0.15) is 4.90 Å². The van der Waals surface area contributed by atoms with Gasteiger partial charge in [-0.2, -0.15) is 4.31 Å². The van der Waals surface area contributed by atoms with E-state index in [1.165, 1.54) is 16.7 Å². The van der Waals surface area contributed by atoms with Crippen LogP contribution in [0.1, 0.15) is 26.7 Å².